The van der Waals surface area contributed by atoms with Crippen LogP contribution in [0.3, 0.4) is 0 Å². The van der Waals surface area contributed by atoms with Crippen molar-refractivity contribution in [2.45, 2.75) is 79.1 Å². The lowest BCUT2D eigenvalue weighted by molar-refractivity contribution is 0.462. The Hall–Kier alpha value is -1.00. The third-order valence-corrected chi connectivity index (χ3v) is 7.78. The minimum atomic E-state index is 0.272. The van der Waals surface area contributed by atoms with Gasteiger partial charge in [0.25, 0.3) is 0 Å². The molecule has 2 heterocycles. The van der Waals surface area contributed by atoms with Gasteiger partial charge < -0.3 is 10.2 Å². The average Bonchev–Trinajstić information content (AvgIpc) is 2.96. The molecule has 134 valence electrons. The summed E-state index contributed by atoms with van der Waals surface area (Å²) in [5, 5.41) is 21.9. The topological polar surface area (TPSA) is 40.5 Å². The fourth-order valence-electron chi connectivity index (χ4n) is 2.99. The second-order valence-corrected chi connectivity index (χ2v) is 9.89. The van der Waals surface area contributed by atoms with E-state index in [4.69, 9.17) is 0 Å². The van der Waals surface area contributed by atoms with Crippen molar-refractivity contribution >= 4 is 22.7 Å². The van der Waals surface area contributed by atoms with Gasteiger partial charge in [0.2, 0.25) is 0 Å². The number of aromatic hydroxyl groups is 2. The smallest absolute Gasteiger partial charge is 0.138 e. The molecule has 0 fully saturated rings. The zero-order chi connectivity index (χ0) is 18.3. The van der Waals surface area contributed by atoms with Crippen LogP contribution in [-0.2, 0) is 0 Å². The van der Waals surface area contributed by atoms with Crippen LogP contribution in [0, 0.1) is 0 Å². The van der Waals surface area contributed by atoms with Gasteiger partial charge in [-0.1, -0.05) is 55.4 Å². The van der Waals surface area contributed by atoms with Crippen molar-refractivity contribution in [3.63, 3.8) is 0 Å². The Labute approximate surface area is 154 Å². The van der Waals surface area contributed by atoms with E-state index in [0.29, 0.717) is 23.3 Å². The standard InChI is InChI=1S/C20H30O2S2/c1-9(2)17-13(15(21)19(23-17)11(5)6)14-16(22)20(12(7)8)24-18(14)10(3)4/h9-12,21-22H,1-8H3. The van der Waals surface area contributed by atoms with Crippen LogP contribution in [0.5, 0.6) is 11.5 Å². The monoisotopic (exact) mass is 366 g/mol. The second-order valence-electron chi connectivity index (χ2n) is 7.73. The van der Waals surface area contributed by atoms with E-state index in [1.807, 2.05) is 0 Å². The van der Waals surface area contributed by atoms with Crippen LogP contribution < -0.4 is 0 Å². The molecule has 0 amide bonds. The zero-order valence-electron chi connectivity index (χ0n) is 16.0. The molecule has 0 aliphatic heterocycles. The van der Waals surface area contributed by atoms with Crippen LogP contribution in [-0.4, -0.2) is 10.2 Å². The maximum absolute atomic E-state index is 11.0. The van der Waals surface area contributed by atoms with Crippen molar-refractivity contribution < 1.29 is 10.2 Å². The van der Waals surface area contributed by atoms with E-state index >= 15 is 0 Å². The molecule has 0 aliphatic rings. The molecule has 0 radical (unpaired) electrons. The molecule has 0 bridgehead atoms. The molecule has 2 N–H and O–H groups in total. The van der Waals surface area contributed by atoms with E-state index in [2.05, 4.69) is 55.4 Å². The minimum Gasteiger partial charge on any atom is -0.506 e. The molecule has 0 aliphatic carbocycles. The average molecular weight is 367 g/mol. The fourth-order valence-corrected chi connectivity index (χ4v) is 5.41. The highest BCUT2D eigenvalue weighted by Crippen LogP contribution is 2.55. The summed E-state index contributed by atoms with van der Waals surface area (Å²) in [5.74, 6) is 1.90. The van der Waals surface area contributed by atoms with Crippen LogP contribution in [0.1, 0.15) is 98.6 Å². The highest BCUT2D eigenvalue weighted by atomic mass is 32.1. The molecule has 0 aromatic carbocycles. The summed E-state index contributed by atoms with van der Waals surface area (Å²) in [6, 6.07) is 0. The first kappa shape index (κ1) is 19.3. The molecule has 0 saturated heterocycles. The van der Waals surface area contributed by atoms with Crippen LogP contribution in [0.25, 0.3) is 11.1 Å². The molecule has 2 nitrogen and oxygen atoms in total. The SMILES string of the molecule is CC(C)c1sc(C(C)C)c(-c2c(C(C)C)sc(C(C)C)c2O)c1O. The van der Waals surface area contributed by atoms with E-state index in [1.54, 1.807) is 22.7 Å². The molecule has 24 heavy (non-hydrogen) atoms. The Bertz CT molecular complexity index is 656. The molecular weight excluding hydrogens is 336 g/mol. The van der Waals surface area contributed by atoms with Crippen molar-refractivity contribution in [3.05, 3.63) is 19.5 Å². The van der Waals surface area contributed by atoms with Gasteiger partial charge in [0.05, 0.1) is 0 Å². The van der Waals surface area contributed by atoms with Crippen molar-refractivity contribution in [2.75, 3.05) is 0 Å². The predicted octanol–water partition coefficient (Wildman–Crippen LogP) is 7.38. The zero-order valence-corrected chi connectivity index (χ0v) is 17.7. The lowest BCUT2D eigenvalue weighted by atomic mass is 9.94. The van der Waals surface area contributed by atoms with Gasteiger partial charge in [0.15, 0.2) is 0 Å². The molecule has 4 heteroatoms. The van der Waals surface area contributed by atoms with E-state index in [0.717, 1.165) is 20.9 Å². The second kappa shape index (κ2) is 7.09. The Morgan fingerprint density at radius 2 is 0.750 bits per heavy atom. The Balaban J connectivity index is 2.85. The third-order valence-electron chi connectivity index (χ3n) is 4.22. The van der Waals surface area contributed by atoms with Crippen molar-refractivity contribution in [1.29, 1.82) is 0 Å². The van der Waals surface area contributed by atoms with Gasteiger partial charge in [-0.25, -0.2) is 0 Å². The first-order valence-corrected chi connectivity index (χ1v) is 10.4. The molecule has 2 aromatic heterocycles. The molecule has 0 spiro atoms. The van der Waals surface area contributed by atoms with Crippen molar-refractivity contribution in [3.8, 4) is 22.6 Å². The first-order chi connectivity index (χ1) is 11.1. The number of thiophene rings is 2. The van der Waals surface area contributed by atoms with Crippen molar-refractivity contribution in [2.24, 2.45) is 0 Å². The summed E-state index contributed by atoms with van der Waals surface area (Å²) in [6.07, 6.45) is 0. The normalized spacial score (nSPS) is 12.3. The van der Waals surface area contributed by atoms with Crippen LogP contribution >= 0.6 is 22.7 Å². The van der Waals surface area contributed by atoms with Crippen LogP contribution in [0.2, 0.25) is 0 Å². The molecule has 0 saturated carbocycles. The molecule has 2 rings (SSSR count). The van der Waals surface area contributed by atoms with Gasteiger partial charge in [-0.3, -0.25) is 0 Å². The van der Waals surface area contributed by atoms with Crippen LogP contribution in [0.15, 0.2) is 0 Å². The lowest BCUT2D eigenvalue weighted by Crippen LogP contribution is -1.91. The molecular formula is C20H30O2S2. The summed E-state index contributed by atoms with van der Waals surface area (Å²) in [5.41, 5.74) is 1.73. The fraction of sp³-hybridized carbons (Fsp3) is 0.600. The molecule has 0 unspecified atom stereocenters. The third kappa shape index (κ3) is 3.23. The Morgan fingerprint density at radius 1 is 0.500 bits per heavy atom. The van der Waals surface area contributed by atoms with Gasteiger partial charge in [-0.05, 0) is 23.7 Å². The summed E-state index contributed by atoms with van der Waals surface area (Å²) in [6.45, 7) is 17.0. The number of rotatable bonds is 5. The van der Waals surface area contributed by atoms with Crippen molar-refractivity contribution in [1.82, 2.24) is 0 Å². The van der Waals surface area contributed by atoms with E-state index in [-0.39, 0.29) is 11.8 Å². The van der Waals surface area contributed by atoms with Gasteiger partial charge >= 0.3 is 0 Å². The number of hydrogen-bond donors (Lipinski definition) is 2. The lowest BCUT2D eigenvalue weighted by Gasteiger charge is -2.12. The van der Waals surface area contributed by atoms with Gasteiger partial charge in [-0.15, -0.1) is 22.7 Å². The Morgan fingerprint density at radius 3 is 0.958 bits per heavy atom. The molecule has 0 atom stereocenters. The van der Waals surface area contributed by atoms with E-state index < -0.39 is 0 Å². The maximum atomic E-state index is 11.0. The van der Waals surface area contributed by atoms with Crippen LogP contribution in [0.4, 0.5) is 0 Å². The van der Waals surface area contributed by atoms with Gasteiger partial charge in [-0.2, -0.15) is 0 Å². The largest absolute Gasteiger partial charge is 0.506 e. The highest BCUT2D eigenvalue weighted by molar-refractivity contribution is 7.14. The summed E-state index contributed by atoms with van der Waals surface area (Å²) in [7, 11) is 0. The maximum Gasteiger partial charge on any atom is 0.138 e. The van der Waals surface area contributed by atoms with Gasteiger partial charge in [0, 0.05) is 30.6 Å². The quantitative estimate of drug-likeness (QED) is 0.579. The first-order valence-electron chi connectivity index (χ1n) is 8.79. The molecule has 2 aromatic rings. The predicted molar refractivity (Wildman–Crippen MR) is 107 cm³/mol. The summed E-state index contributed by atoms with van der Waals surface area (Å²) >= 11 is 3.37. The highest BCUT2D eigenvalue weighted by Gasteiger charge is 2.30. The minimum absolute atomic E-state index is 0.272. The van der Waals surface area contributed by atoms with Gasteiger partial charge in [0.1, 0.15) is 11.5 Å². The van der Waals surface area contributed by atoms with E-state index in [9.17, 15) is 10.2 Å². The summed E-state index contributed by atoms with van der Waals surface area (Å²) < 4.78 is 0. The van der Waals surface area contributed by atoms with E-state index in [1.165, 1.54) is 9.75 Å². The number of hydrogen-bond acceptors (Lipinski definition) is 4. The summed E-state index contributed by atoms with van der Waals surface area (Å²) in [4.78, 5) is 4.36. The Kier molecular flexibility index (Phi) is 5.71.